The Morgan fingerprint density at radius 2 is 1.59 bits per heavy atom. The molecule has 4 fully saturated rings. The van der Waals surface area contributed by atoms with Gasteiger partial charge in [0.15, 0.2) is 0 Å². The predicted molar refractivity (Wildman–Crippen MR) is 177 cm³/mol. The molecule has 0 amide bonds. The summed E-state index contributed by atoms with van der Waals surface area (Å²) in [5.41, 5.74) is 2.70. The Balaban J connectivity index is 1.27. The van der Waals surface area contributed by atoms with Gasteiger partial charge in [-0.25, -0.2) is 4.79 Å². The number of hydrogen-bond donors (Lipinski definition) is 1. The SMILES string of the molecule is CC(=O)[C@]12CC[C@@H](C)[C@H](C)C1C1=CCC3[C@@]4(C)CC[C@H](OC(=O)/C=C\c5ccc(O)cc5)C(C)(C)C4CC[C@@]3(C)[C@]1(C)CC2. The molecule has 4 heteroatoms. The summed E-state index contributed by atoms with van der Waals surface area (Å²) in [6.07, 6.45) is 15.7. The van der Waals surface area contributed by atoms with Gasteiger partial charge in [0, 0.05) is 16.9 Å². The van der Waals surface area contributed by atoms with Crippen molar-refractivity contribution in [3.05, 3.63) is 47.6 Å². The van der Waals surface area contributed by atoms with Crippen LogP contribution in [0, 0.1) is 56.7 Å². The molecule has 1 aromatic carbocycles. The number of aromatic hydroxyl groups is 1. The molecule has 0 saturated heterocycles. The quantitative estimate of drug-likeness (QED) is 0.212. The van der Waals surface area contributed by atoms with Gasteiger partial charge in [0.2, 0.25) is 0 Å². The monoisotopic (exact) mass is 600 g/mol. The number of phenolic OH excluding ortho intramolecular Hbond substituents is 1. The van der Waals surface area contributed by atoms with Gasteiger partial charge >= 0.3 is 5.97 Å². The van der Waals surface area contributed by atoms with Gasteiger partial charge in [-0.15, -0.1) is 0 Å². The van der Waals surface area contributed by atoms with Crippen molar-refractivity contribution in [2.24, 2.45) is 56.7 Å². The number of carbonyl (C=O) groups excluding carboxylic acids is 2. The fraction of sp³-hybridized carbons (Fsp3) is 0.700. The molecule has 10 atom stereocenters. The Labute approximate surface area is 266 Å². The molecule has 0 heterocycles. The highest BCUT2D eigenvalue weighted by Gasteiger charge is 2.69. The van der Waals surface area contributed by atoms with E-state index in [-0.39, 0.29) is 44.9 Å². The molecule has 3 unspecified atom stereocenters. The van der Waals surface area contributed by atoms with E-state index < -0.39 is 0 Å². The van der Waals surface area contributed by atoms with Crippen LogP contribution in [0.2, 0.25) is 0 Å². The van der Waals surface area contributed by atoms with E-state index in [2.05, 4.69) is 54.5 Å². The van der Waals surface area contributed by atoms with Crippen molar-refractivity contribution < 1.29 is 19.4 Å². The zero-order valence-electron chi connectivity index (χ0n) is 28.5. The van der Waals surface area contributed by atoms with E-state index in [1.165, 1.54) is 18.9 Å². The molecule has 1 aromatic rings. The molecule has 0 aliphatic heterocycles. The minimum Gasteiger partial charge on any atom is -0.508 e. The number of Topliss-reactive ketones (excluding diaryl/α,β-unsaturated/α-hetero) is 1. The molecule has 0 radical (unpaired) electrons. The average molecular weight is 601 g/mol. The van der Waals surface area contributed by atoms with Crippen molar-refractivity contribution in [1.29, 1.82) is 0 Å². The first kappa shape index (κ1) is 31.6. The van der Waals surface area contributed by atoms with Crippen LogP contribution in [0.25, 0.3) is 6.08 Å². The van der Waals surface area contributed by atoms with E-state index in [0.29, 0.717) is 35.4 Å². The van der Waals surface area contributed by atoms with Crippen molar-refractivity contribution in [2.75, 3.05) is 0 Å². The second-order valence-electron chi connectivity index (χ2n) is 17.1. The van der Waals surface area contributed by atoms with Crippen LogP contribution in [0.4, 0.5) is 0 Å². The van der Waals surface area contributed by atoms with Crippen LogP contribution in [-0.4, -0.2) is 23.0 Å². The number of benzene rings is 1. The maximum atomic E-state index is 13.4. The number of allylic oxidation sites excluding steroid dienone is 2. The smallest absolute Gasteiger partial charge is 0.331 e. The van der Waals surface area contributed by atoms with Gasteiger partial charge in [0.05, 0.1) is 0 Å². The summed E-state index contributed by atoms with van der Waals surface area (Å²) in [5, 5.41) is 9.55. The van der Waals surface area contributed by atoms with Crippen LogP contribution in [0.1, 0.15) is 119 Å². The number of phenols is 1. The minimum atomic E-state index is -0.287. The molecule has 1 N–H and O–H groups in total. The summed E-state index contributed by atoms with van der Waals surface area (Å²) in [7, 11) is 0. The standard InChI is InChI=1S/C40H56O4/c1-25-17-22-40(27(3)41)24-23-38(7)30(35(40)26(25)2)14-15-32-37(6)20-19-33(36(4,5)31(37)18-21-39(32,38)8)44-34(43)16-11-28-9-12-29(42)13-10-28/h9-14,16,25-26,31-33,35,42H,15,17-24H2,1-8H3/b16-11-/t25-,26+,31?,32?,33+,35?,37+,38-,39-,40-/m1/s1. The first-order valence-corrected chi connectivity index (χ1v) is 17.5. The van der Waals surface area contributed by atoms with Gasteiger partial charge in [0.25, 0.3) is 0 Å². The van der Waals surface area contributed by atoms with Crippen molar-refractivity contribution in [3.63, 3.8) is 0 Å². The van der Waals surface area contributed by atoms with E-state index in [1.807, 2.05) is 6.92 Å². The number of esters is 1. The lowest BCUT2D eigenvalue weighted by atomic mass is 9.33. The van der Waals surface area contributed by atoms with Crippen LogP contribution in [0.5, 0.6) is 5.75 Å². The molecule has 0 spiro atoms. The maximum Gasteiger partial charge on any atom is 0.331 e. The molecule has 0 aromatic heterocycles. The lowest BCUT2D eigenvalue weighted by molar-refractivity contribution is -0.211. The summed E-state index contributed by atoms with van der Waals surface area (Å²) in [6.45, 7) is 19.2. The third-order valence-electron chi connectivity index (χ3n) is 15.2. The van der Waals surface area contributed by atoms with Crippen LogP contribution in [0.3, 0.4) is 0 Å². The van der Waals surface area contributed by atoms with E-state index in [4.69, 9.17) is 4.74 Å². The van der Waals surface area contributed by atoms with Crippen LogP contribution in [-0.2, 0) is 14.3 Å². The molecule has 44 heavy (non-hydrogen) atoms. The van der Waals surface area contributed by atoms with Crippen LogP contribution < -0.4 is 0 Å². The highest BCUT2D eigenvalue weighted by molar-refractivity contribution is 5.87. The summed E-state index contributed by atoms with van der Waals surface area (Å²) >= 11 is 0. The van der Waals surface area contributed by atoms with E-state index in [0.717, 1.165) is 50.5 Å². The lowest BCUT2D eigenvalue weighted by Crippen LogP contribution is -2.65. The summed E-state index contributed by atoms with van der Waals surface area (Å²) < 4.78 is 6.21. The molecule has 240 valence electrons. The normalized spacial score (nSPS) is 44.4. The van der Waals surface area contributed by atoms with E-state index >= 15 is 0 Å². The molecular weight excluding hydrogens is 544 g/mol. The topological polar surface area (TPSA) is 63.6 Å². The Bertz CT molecular complexity index is 1370. The maximum absolute atomic E-state index is 13.4. The summed E-state index contributed by atoms with van der Waals surface area (Å²) in [6, 6.07) is 6.83. The Hall–Kier alpha value is -2.36. The average Bonchev–Trinajstić information content (AvgIpc) is 2.96. The molecular formula is C40H56O4. The second kappa shape index (κ2) is 10.6. The third-order valence-corrected chi connectivity index (χ3v) is 15.2. The number of ether oxygens (including phenoxy) is 1. The minimum absolute atomic E-state index is 0.109. The summed E-state index contributed by atoms with van der Waals surface area (Å²) in [4.78, 5) is 26.4. The Morgan fingerprint density at radius 3 is 2.27 bits per heavy atom. The van der Waals surface area contributed by atoms with Crippen molar-refractivity contribution in [1.82, 2.24) is 0 Å². The molecule has 4 saturated carbocycles. The lowest BCUT2D eigenvalue weighted by Gasteiger charge is -2.71. The van der Waals surface area contributed by atoms with Crippen molar-refractivity contribution >= 4 is 17.8 Å². The van der Waals surface area contributed by atoms with E-state index in [1.54, 1.807) is 35.9 Å². The number of carbonyl (C=O) groups is 2. The predicted octanol–water partition coefficient (Wildman–Crippen LogP) is 9.56. The molecule has 0 bridgehead atoms. The molecule has 5 aliphatic carbocycles. The summed E-state index contributed by atoms with van der Waals surface area (Å²) in [5.74, 6) is 2.99. The van der Waals surface area contributed by atoms with Crippen LogP contribution in [0.15, 0.2) is 42.0 Å². The zero-order chi connectivity index (χ0) is 31.9. The first-order valence-electron chi connectivity index (χ1n) is 17.5. The largest absolute Gasteiger partial charge is 0.508 e. The van der Waals surface area contributed by atoms with Crippen molar-refractivity contribution in [3.8, 4) is 5.75 Å². The van der Waals surface area contributed by atoms with E-state index in [9.17, 15) is 14.7 Å². The number of fused-ring (bicyclic) bond motifs is 7. The van der Waals surface area contributed by atoms with Crippen LogP contribution >= 0.6 is 0 Å². The highest BCUT2D eigenvalue weighted by Crippen LogP contribution is 2.76. The van der Waals surface area contributed by atoms with Gasteiger partial charge < -0.3 is 9.84 Å². The zero-order valence-corrected chi connectivity index (χ0v) is 28.5. The fourth-order valence-electron chi connectivity index (χ4n) is 12.2. The van der Waals surface area contributed by atoms with Gasteiger partial charge in [0.1, 0.15) is 17.6 Å². The van der Waals surface area contributed by atoms with Gasteiger partial charge in [-0.3, -0.25) is 4.79 Å². The van der Waals surface area contributed by atoms with Gasteiger partial charge in [-0.05, 0) is 134 Å². The number of hydrogen-bond acceptors (Lipinski definition) is 4. The number of rotatable bonds is 4. The fourth-order valence-corrected chi connectivity index (χ4v) is 12.2. The molecule has 6 rings (SSSR count). The Kier molecular flexibility index (Phi) is 7.61. The number of ketones is 1. The first-order chi connectivity index (χ1) is 20.6. The second-order valence-corrected chi connectivity index (χ2v) is 17.1. The molecule has 5 aliphatic rings. The third kappa shape index (κ3) is 4.43. The van der Waals surface area contributed by atoms with Gasteiger partial charge in [-0.2, -0.15) is 0 Å². The van der Waals surface area contributed by atoms with Gasteiger partial charge in [-0.1, -0.05) is 72.2 Å². The van der Waals surface area contributed by atoms with Crippen molar-refractivity contribution in [2.45, 2.75) is 119 Å². The Morgan fingerprint density at radius 1 is 0.886 bits per heavy atom. The molecule has 4 nitrogen and oxygen atoms in total. The highest BCUT2D eigenvalue weighted by atomic mass is 16.5.